The maximum Gasteiger partial charge on any atom is 0.346 e. The molecule has 0 bridgehead atoms. The molecule has 3 rings (SSSR count). The number of hydrogen-bond donors (Lipinski definition) is 0. The van der Waals surface area contributed by atoms with Crippen LogP contribution in [0.3, 0.4) is 0 Å². The average molecular weight is 339 g/mol. The van der Waals surface area contributed by atoms with Crippen LogP contribution in [0, 0.1) is 10.1 Å². The first-order valence-electron chi connectivity index (χ1n) is 7.23. The molecule has 0 aliphatic carbocycles. The zero-order valence-corrected chi connectivity index (χ0v) is 13.2. The van der Waals surface area contributed by atoms with Crippen molar-refractivity contribution in [2.24, 2.45) is 0 Å². The molecule has 1 heterocycles. The first-order chi connectivity index (χ1) is 12.1. The third-order valence-electron chi connectivity index (χ3n) is 3.40. The SMILES string of the molecule is COc1ccc([N+](=O)[O-])cc1OC(=O)c1cnn(-c2ccccc2)c1. The Morgan fingerprint density at radius 1 is 1.16 bits per heavy atom. The minimum Gasteiger partial charge on any atom is -0.493 e. The van der Waals surface area contributed by atoms with Gasteiger partial charge in [0.1, 0.15) is 0 Å². The Balaban J connectivity index is 1.84. The number of carbonyl (C=O) groups is 1. The summed E-state index contributed by atoms with van der Waals surface area (Å²) in [5, 5.41) is 15.0. The molecule has 0 saturated heterocycles. The van der Waals surface area contributed by atoms with E-state index in [0.717, 1.165) is 11.8 Å². The van der Waals surface area contributed by atoms with Crippen LogP contribution in [0.1, 0.15) is 10.4 Å². The lowest BCUT2D eigenvalue weighted by Crippen LogP contribution is -2.08. The highest BCUT2D eigenvalue weighted by molar-refractivity contribution is 5.91. The predicted molar refractivity (Wildman–Crippen MR) is 88.2 cm³/mol. The Morgan fingerprint density at radius 3 is 2.60 bits per heavy atom. The molecule has 0 amide bonds. The quantitative estimate of drug-likeness (QED) is 0.307. The summed E-state index contributed by atoms with van der Waals surface area (Å²) in [4.78, 5) is 22.6. The van der Waals surface area contributed by atoms with E-state index in [0.29, 0.717) is 0 Å². The van der Waals surface area contributed by atoms with Gasteiger partial charge < -0.3 is 9.47 Å². The molecule has 8 nitrogen and oxygen atoms in total. The smallest absolute Gasteiger partial charge is 0.346 e. The number of ether oxygens (including phenoxy) is 2. The molecule has 0 fully saturated rings. The summed E-state index contributed by atoms with van der Waals surface area (Å²) < 4.78 is 11.8. The third kappa shape index (κ3) is 3.47. The van der Waals surface area contributed by atoms with Crippen molar-refractivity contribution in [1.82, 2.24) is 9.78 Å². The van der Waals surface area contributed by atoms with Gasteiger partial charge in [-0.25, -0.2) is 9.48 Å². The van der Waals surface area contributed by atoms with E-state index in [9.17, 15) is 14.9 Å². The van der Waals surface area contributed by atoms with Gasteiger partial charge in [0, 0.05) is 12.3 Å². The topological polar surface area (TPSA) is 96.5 Å². The molecule has 1 aromatic heterocycles. The molecule has 0 aliphatic rings. The fourth-order valence-corrected chi connectivity index (χ4v) is 2.17. The van der Waals surface area contributed by atoms with Crippen molar-refractivity contribution in [2.45, 2.75) is 0 Å². The number of benzene rings is 2. The van der Waals surface area contributed by atoms with Gasteiger partial charge in [-0.3, -0.25) is 10.1 Å². The van der Waals surface area contributed by atoms with Crippen LogP contribution in [-0.4, -0.2) is 27.8 Å². The third-order valence-corrected chi connectivity index (χ3v) is 3.40. The molecule has 0 radical (unpaired) electrons. The summed E-state index contributed by atoms with van der Waals surface area (Å²) in [5.74, 6) is -0.510. The largest absolute Gasteiger partial charge is 0.493 e. The van der Waals surface area contributed by atoms with Crippen molar-refractivity contribution in [1.29, 1.82) is 0 Å². The van der Waals surface area contributed by atoms with Gasteiger partial charge in [0.15, 0.2) is 11.5 Å². The van der Waals surface area contributed by atoms with Crippen molar-refractivity contribution in [3.8, 4) is 17.2 Å². The van der Waals surface area contributed by atoms with Gasteiger partial charge in [0.05, 0.1) is 35.5 Å². The van der Waals surface area contributed by atoms with Crippen LogP contribution >= 0.6 is 0 Å². The van der Waals surface area contributed by atoms with Crippen LogP contribution in [0.5, 0.6) is 11.5 Å². The van der Waals surface area contributed by atoms with E-state index in [4.69, 9.17) is 9.47 Å². The second-order valence-corrected chi connectivity index (χ2v) is 4.99. The molecule has 0 N–H and O–H groups in total. The van der Waals surface area contributed by atoms with Crippen LogP contribution in [0.25, 0.3) is 5.69 Å². The van der Waals surface area contributed by atoms with Crippen molar-refractivity contribution >= 4 is 11.7 Å². The van der Waals surface area contributed by atoms with Gasteiger partial charge in [0.25, 0.3) is 5.69 Å². The summed E-state index contributed by atoms with van der Waals surface area (Å²) in [6, 6.07) is 13.0. The molecule has 0 atom stereocenters. The Morgan fingerprint density at radius 2 is 1.92 bits per heavy atom. The van der Waals surface area contributed by atoms with Crippen molar-refractivity contribution in [3.05, 3.63) is 76.6 Å². The highest BCUT2D eigenvalue weighted by Gasteiger charge is 2.18. The Hall–Kier alpha value is -3.68. The summed E-state index contributed by atoms with van der Waals surface area (Å²) >= 11 is 0. The van der Waals surface area contributed by atoms with Crippen molar-refractivity contribution in [2.75, 3.05) is 7.11 Å². The number of nitro groups is 1. The summed E-state index contributed by atoms with van der Waals surface area (Å²) in [7, 11) is 1.38. The minimum atomic E-state index is -0.694. The zero-order valence-electron chi connectivity index (χ0n) is 13.2. The van der Waals surface area contributed by atoms with Gasteiger partial charge in [-0.2, -0.15) is 5.10 Å². The molecular formula is C17H13N3O5. The lowest BCUT2D eigenvalue weighted by Gasteiger charge is -2.08. The molecule has 25 heavy (non-hydrogen) atoms. The Bertz CT molecular complexity index is 921. The van der Waals surface area contributed by atoms with Crippen LogP contribution in [0.2, 0.25) is 0 Å². The summed E-state index contributed by atoms with van der Waals surface area (Å²) in [5.41, 5.74) is 0.787. The lowest BCUT2D eigenvalue weighted by molar-refractivity contribution is -0.384. The molecule has 0 aliphatic heterocycles. The number of non-ortho nitro benzene ring substituents is 1. The number of aromatic nitrogens is 2. The fraction of sp³-hybridized carbons (Fsp3) is 0.0588. The fourth-order valence-electron chi connectivity index (χ4n) is 2.17. The van der Waals surface area contributed by atoms with Crippen LogP contribution < -0.4 is 9.47 Å². The predicted octanol–water partition coefficient (Wildman–Crippen LogP) is 3.01. The molecule has 0 unspecified atom stereocenters. The second kappa shape index (κ2) is 6.83. The van der Waals surface area contributed by atoms with Crippen molar-refractivity contribution in [3.63, 3.8) is 0 Å². The summed E-state index contributed by atoms with van der Waals surface area (Å²) in [6.07, 6.45) is 2.88. The van der Waals surface area contributed by atoms with Gasteiger partial charge in [-0.1, -0.05) is 18.2 Å². The molecular weight excluding hydrogens is 326 g/mol. The van der Waals surface area contributed by atoms with Crippen LogP contribution in [0.4, 0.5) is 5.69 Å². The van der Waals surface area contributed by atoms with E-state index < -0.39 is 10.9 Å². The average Bonchev–Trinajstić information content (AvgIpc) is 3.12. The standard InChI is InChI=1S/C17H13N3O5/c1-24-15-8-7-14(20(22)23)9-16(15)25-17(21)12-10-18-19(11-12)13-5-3-2-4-6-13/h2-11H,1H3. The van der Waals surface area contributed by atoms with E-state index in [1.807, 2.05) is 30.3 Å². The maximum atomic E-state index is 12.3. The van der Waals surface area contributed by atoms with Gasteiger partial charge in [-0.05, 0) is 18.2 Å². The van der Waals surface area contributed by atoms with Gasteiger partial charge >= 0.3 is 5.97 Å². The van der Waals surface area contributed by atoms with E-state index in [2.05, 4.69) is 5.10 Å². The second-order valence-electron chi connectivity index (χ2n) is 4.99. The van der Waals surface area contributed by atoms with E-state index in [1.165, 1.54) is 36.3 Å². The highest BCUT2D eigenvalue weighted by Crippen LogP contribution is 2.31. The molecule has 0 saturated carbocycles. The van der Waals surface area contributed by atoms with Crippen LogP contribution in [-0.2, 0) is 0 Å². The normalized spacial score (nSPS) is 10.3. The van der Waals surface area contributed by atoms with E-state index in [1.54, 1.807) is 0 Å². The zero-order chi connectivity index (χ0) is 17.8. The molecule has 3 aromatic rings. The van der Waals surface area contributed by atoms with Crippen molar-refractivity contribution < 1.29 is 19.2 Å². The number of methoxy groups -OCH3 is 1. The lowest BCUT2D eigenvalue weighted by atomic mass is 10.2. The first kappa shape index (κ1) is 16.2. The van der Waals surface area contributed by atoms with E-state index in [-0.39, 0.29) is 22.7 Å². The summed E-state index contributed by atoms with van der Waals surface area (Å²) in [6.45, 7) is 0. The minimum absolute atomic E-state index is 0.0332. The number of esters is 1. The molecule has 0 spiro atoms. The number of rotatable bonds is 5. The maximum absolute atomic E-state index is 12.3. The number of carbonyl (C=O) groups excluding carboxylic acids is 1. The molecule has 8 heteroatoms. The number of hydrogen-bond acceptors (Lipinski definition) is 6. The number of para-hydroxylation sites is 1. The monoisotopic (exact) mass is 339 g/mol. The molecule has 2 aromatic carbocycles. The highest BCUT2D eigenvalue weighted by atomic mass is 16.6. The Kier molecular flexibility index (Phi) is 4.42. The first-order valence-corrected chi connectivity index (χ1v) is 7.23. The molecule has 126 valence electrons. The van der Waals surface area contributed by atoms with Crippen LogP contribution in [0.15, 0.2) is 60.9 Å². The number of nitrogens with zero attached hydrogens (tertiary/aromatic N) is 3. The number of nitro benzene ring substituents is 1. The van der Waals surface area contributed by atoms with Gasteiger partial charge in [0.2, 0.25) is 0 Å². The Labute approximate surface area is 142 Å². The van der Waals surface area contributed by atoms with E-state index >= 15 is 0 Å². The van der Waals surface area contributed by atoms with Gasteiger partial charge in [-0.15, -0.1) is 0 Å².